The molecule has 1 aromatic heterocycles. The monoisotopic (exact) mass is 179 g/mol. The second-order valence-corrected chi connectivity index (χ2v) is 3.07. The lowest BCUT2D eigenvalue weighted by atomic mass is 10.4. The molecule has 0 aliphatic carbocycles. The fraction of sp³-hybridized carbons (Fsp3) is 0.500. The third-order valence-corrected chi connectivity index (χ3v) is 2.15. The molecule has 5 heteroatoms. The molecule has 1 aliphatic heterocycles. The molecular weight excluding hydrogens is 166 g/mol. The largest absolute Gasteiger partial charge is 0.338 e. The highest BCUT2D eigenvalue weighted by atomic mass is 15.4. The number of anilines is 1. The van der Waals surface area contributed by atoms with Crippen LogP contribution in [0.5, 0.6) is 0 Å². The highest BCUT2D eigenvalue weighted by molar-refractivity contribution is 5.28. The van der Waals surface area contributed by atoms with Crippen molar-refractivity contribution in [3.05, 3.63) is 18.5 Å². The van der Waals surface area contributed by atoms with Crippen molar-refractivity contribution in [2.24, 2.45) is 5.84 Å². The Morgan fingerprint density at radius 2 is 1.69 bits per heavy atom. The van der Waals surface area contributed by atoms with E-state index in [2.05, 4.69) is 14.9 Å². The van der Waals surface area contributed by atoms with Gasteiger partial charge in [0.2, 0.25) is 5.95 Å². The average Bonchev–Trinajstić information content (AvgIpc) is 2.20. The maximum atomic E-state index is 5.64. The normalized spacial score (nSPS) is 19.0. The van der Waals surface area contributed by atoms with E-state index in [0.717, 1.165) is 32.1 Å². The molecular formula is C8H13N5. The van der Waals surface area contributed by atoms with Gasteiger partial charge in [0.1, 0.15) is 0 Å². The van der Waals surface area contributed by atoms with Crippen molar-refractivity contribution in [2.75, 3.05) is 31.1 Å². The smallest absolute Gasteiger partial charge is 0.225 e. The molecule has 0 unspecified atom stereocenters. The summed E-state index contributed by atoms with van der Waals surface area (Å²) in [7, 11) is 0. The lowest BCUT2D eigenvalue weighted by Crippen LogP contribution is -2.49. The number of hydrogen-bond acceptors (Lipinski definition) is 5. The Balaban J connectivity index is 2.03. The second kappa shape index (κ2) is 3.68. The molecule has 1 saturated heterocycles. The summed E-state index contributed by atoms with van der Waals surface area (Å²) in [6.45, 7) is 3.55. The minimum atomic E-state index is 0.801. The molecule has 2 N–H and O–H groups in total. The van der Waals surface area contributed by atoms with Crippen molar-refractivity contribution in [3.8, 4) is 0 Å². The van der Waals surface area contributed by atoms with Crippen LogP contribution in [0.2, 0.25) is 0 Å². The molecule has 2 heterocycles. The van der Waals surface area contributed by atoms with Crippen LogP contribution in [0.15, 0.2) is 18.5 Å². The number of aromatic nitrogens is 2. The van der Waals surface area contributed by atoms with Crippen molar-refractivity contribution in [1.29, 1.82) is 0 Å². The van der Waals surface area contributed by atoms with E-state index in [4.69, 9.17) is 5.84 Å². The summed E-state index contributed by atoms with van der Waals surface area (Å²) in [6.07, 6.45) is 3.52. The van der Waals surface area contributed by atoms with E-state index in [1.807, 2.05) is 11.1 Å². The first-order valence-corrected chi connectivity index (χ1v) is 4.38. The van der Waals surface area contributed by atoms with Crippen LogP contribution in [0.3, 0.4) is 0 Å². The lowest BCUT2D eigenvalue weighted by Gasteiger charge is -2.31. The Kier molecular flexibility index (Phi) is 2.37. The summed E-state index contributed by atoms with van der Waals surface area (Å²) < 4.78 is 0. The van der Waals surface area contributed by atoms with E-state index in [1.165, 1.54) is 0 Å². The van der Waals surface area contributed by atoms with E-state index >= 15 is 0 Å². The quantitative estimate of drug-likeness (QED) is 0.587. The number of rotatable bonds is 1. The van der Waals surface area contributed by atoms with Crippen LogP contribution >= 0.6 is 0 Å². The fourth-order valence-electron chi connectivity index (χ4n) is 1.38. The van der Waals surface area contributed by atoms with Gasteiger partial charge in [-0.25, -0.2) is 15.0 Å². The van der Waals surface area contributed by atoms with E-state index in [-0.39, 0.29) is 0 Å². The Labute approximate surface area is 77.2 Å². The van der Waals surface area contributed by atoms with Crippen LogP contribution < -0.4 is 10.7 Å². The Hall–Kier alpha value is -1.20. The molecule has 0 amide bonds. The third-order valence-electron chi connectivity index (χ3n) is 2.15. The van der Waals surface area contributed by atoms with E-state index in [0.29, 0.717) is 0 Å². The second-order valence-electron chi connectivity index (χ2n) is 3.07. The van der Waals surface area contributed by atoms with E-state index < -0.39 is 0 Å². The molecule has 70 valence electrons. The lowest BCUT2D eigenvalue weighted by molar-refractivity contribution is 0.265. The molecule has 2 rings (SSSR count). The molecule has 5 nitrogen and oxygen atoms in total. The summed E-state index contributed by atoms with van der Waals surface area (Å²) in [5.74, 6) is 6.44. The molecule has 0 spiro atoms. The minimum absolute atomic E-state index is 0.801. The molecule has 0 aromatic carbocycles. The predicted molar refractivity (Wildman–Crippen MR) is 50.0 cm³/mol. The summed E-state index contributed by atoms with van der Waals surface area (Å²) in [4.78, 5) is 10.5. The molecule has 0 bridgehead atoms. The van der Waals surface area contributed by atoms with Gasteiger partial charge in [0, 0.05) is 38.6 Å². The van der Waals surface area contributed by atoms with Crippen molar-refractivity contribution >= 4 is 5.95 Å². The standard InChI is InChI=1S/C8H13N5/c9-13-6-4-12(5-7-13)8-10-2-1-3-11-8/h1-3H,4-7,9H2. The van der Waals surface area contributed by atoms with E-state index in [1.54, 1.807) is 12.4 Å². The van der Waals surface area contributed by atoms with Gasteiger partial charge in [0.25, 0.3) is 0 Å². The zero-order valence-electron chi connectivity index (χ0n) is 7.43. The van der Waals surface area contributed by atoms with Gasteiger partial charge in [-0.15, -0.1) is 0 Å². The van der Waals surface area contributed by atoms with Crippen LogP contribution in [0.4, 0.5) is 5.95 Å². The first kappa shape index (κ1) is 8.40. The summed E-state index contributed by atoms with van der Waals surface area (Å²) >= 11 is 0. The highest BCUT2D eigenvalue weighted by Crippen LogP contribution is 2.07. The van der Waals surface area contributed by atoms with Crippen molar-refractivity contribution in [2.45, 2.75) is 0 Å². The molecule has 1 fully saturated rings. The SMILES string of the molecule is NN1CCN(c2ncccn2)CC1. The maximum Gasteiger partial charge on any atom is 0.225 e. The fourth-order valence-corrected chi connectivity index (χ4v) is 1.38. The highest BCUT2D eigenvalue weighted by Gasteiger charge is 2.15. The summed E-state index contributed by atoms with van der Waals surface area (Å²) in [5.41, 5.74) is 0. The number of nitrogens with two attached hydrogens (primary N) is 1. The van der Waals surface area contributed by atoms with Gasteiger partial charge < -0.3 is 4.90 Å². The van der Waals surface area contributed by atoms with Gasteiger partial charge in [-0.2, -0.15) is 0 Å². The zero-order valence-corrected chi connectivity index (χ0v) is 7.43. The van der Waals surface area contributed by atoms with Crippen molar-refractivity contribution < 1.29 is 0 Å². The Morgan fingerprint density at radius 3 is 2.31 bits per heavy atom. The number of hydrazine groups is 1. The van der Waals surface area contributed by atoms with Crippen molar-refractivity contribution in [3.63, 3.8) is 0 Å². The summed E-state index contributed by atoms with van der Waals surface area (Å²) in [5, 5.41) is 1.82. The maximum absolute atomic E-state index is 5.64. The van der Waals surface area contributed by atoms with Crippen LogP contribution in [-0.4, -0.2) is 41.2 Å². The molecule has 1 aromatic rings. The predicted octanol–water partition coefficient (Wildman–Crippen LogP) is -0.528. The average molecular weight is 179 g/mol. The van der Waals surface area contributed by atoms with Gasteiger partial charge in [-0.05, 0) is 6.07 Å². The van der Waals surface area contributed by atoms with Crippen LogP contribution in [0.1, 0.15) is 0 Å². The number of hydrogen-bond donors (Lipinski definition) is 1. The molecule has 1 aliphatic rings. The van der Waals surface area contributed by atoms with Gasteiger partial charge in [0.15, 0.2) is 0 Å². The first-order valence-electron chi connectivity index (χ1n) is 4.38. The molecule has 0 atom stereocenters. The topological polar surface area (TPSA) is 58.3 Å². The third kappa shape index (κ3) is 1.93. The first-order chi connectivity index (χ1) is 6.36. The minimum Gasteiger partial charge on any atom is -0.338 e. The summed E-state index contributed by atoms with van der Waals surface area (Å²) in [6, 6.07) is 1.82. The number of piperazine rings is 1. The van der Waals surface area contributed by atoms with Gasteiger partial charge in [0.05, 0.1) is 0 Å². The molecule has 0 radical (unpaired) electrons. The van der Waals surface area contributed by atoms with Crippen LogP contribution in [0, 0.1) is 0 Å². The zero-order chi connectivity index (χ0) is 9.10. The molecule has 13 heavy (non-hydrogen) atoms. The van der Waals surface area contributed by atoms with Gasteiger partial charge in [-0.1, -0.05) is 0 Å². The molecule has 0 saturated carbocycles. The van der Waals surface area contributed by atoms with E-state index in [9.17, 15) is 0 Å². The van der Waals surface area contributed by atoms with Crippen molar-refractivity contribution in [1.82, 2.24) is 15.0 Å². The van der Waals surface area contributed by atoms with Gasteiger partial charge in [-0.3, -0.25) is 5.84 Å². The number of nitrogens with zero attached hydrogens (tertiary/aromatic N) is 4. The van der Waals surface area contributed by atoms with Crippen LogP contribution in [0.25, 0.3) is 0 Å². The Bertz CT molecular complexity index is 254. The Morgan fingerprint density at radius 1 is 1.08 bits per heavy atom. The van der Waals surface area contributed by atoms with Crippen LogP contribution in [-0.2, 0) is 0 Å². The van der Waals surface area contributed by atoms with Gasteiger partial charge >= 0.3 is 0 Å².